The molecule has 130 valence electrons. The Morgan fingerprint density at radius 2 is 2.12 bits per heavy atom. The van der Waals surface area contributed by atoms with Crippen LogP contribution in [0, 0.1) is 0 Å². The minimum absolute atomic E-state index is 0.100. The van der Waals surface area contributed by atoms with Gasteiger partial charge in [-0.1, -0.05) is 24.8 Å². The number of pyridine rings is 1. The van der Waals surface area contributed by atoms with E-state index in [4.69, 9.17) is 4.74 Å². The first-order valence-electron chi connectivity index (χ1n) is 8.57. The predicted molar refractivity (Wildman–Crippen MR) is 98.6 cm³/mol. The number of aromatic nitrogens is 1. The summed E-state index contributed by atoms with van der Waals surface area (Å²) in [4.78, 5) is 16.2. The molecule has 1 aromatic carbocycles. The first kappa shape index (κ1) is 17.2. The topological polar surface area (TPSA) is 63.2 Å². The van der Waals surface area contributed by atoms with Gasteiger partial charge in [0.25, 0.3) is 5.91 Å². The van der Waals surface area contributed by atoms with Gasteiger partial charge in [-0.15, -0.1) is 0 Å². The number of nitrogens with zero attached hydrogens (tertiary/aromatic N) is 1. The highest BCUT2D eigenvalue weighted by atomic mass is 16.5. The number of rotatable bonds is 7. The van der Waals surface area contributed by atoms with Gasteiger partial charge in [-0.3, -0.25) is 9.78 Å². The van der Waals surface area contributed by atoms with Gasteiger partial charge < -0.3 is 15.4 Å². The molecule has 0 radical (unpaired) electrons. The van der Waals surface area contributed by atoms with Gasteiger partial charge in [0.2, 0.25) is 0 Å². The molecule has 1 fully saturated rings. The summed E-state index contributed by atoms with van der Waals surface area (Å²) >= 11 is 0. The van der Waals surface area contributed by atoms with Crippen LogP contribution in [-0.4, -0.2) is 36.6 Å². The van der Waals surface area contributed by atoms with Crippen molar-refractivity contribution in [2.45, 2.75) is 18.9 Å². The van der Waals surface area contributed by atoms with Crippen LogP contribution in [0.25, 0.3) is 5.57 Å². The fraction of sp³-hybridized carbons (Fsp3) is 0.300. The molecule has 1 aliphatic heterocycles. The molecule has 0 unspecified atom stereocenters. The molecule has 5 nitrogen and oxygen atoms in total. The predicted octanol–water partition coefficient (Wildman–Crippen LogP) is 2.66. The second-order valence-corrected chi connectivity index (χ2v) is 6.05. The van der Waals surface area contributed by atoms with Crippen molar-refractivity contribution in [2.75, 3.05) is 19.7 Å². The van der Waals surface area contributed by atoms with Gasteiger partial charge in [0.05, 0.1) is 12.7 Å². The minimum atomic E-state index is -0.100. The lowest BCUT2D eigenvalue weighted by molar-refractivity contribution is 0.0947. The molecule has 0 spiro atoms. The van der Waals surface area contributed by atoms with Crippen molar-refractivity contribution >= 4 is 11.5 Å². The van der Waals surface area contributed by atoms with Crippen molar-refractivity contribution in [3.8, 4) is 5.75 Å². The van der Waals surface area contributed by atoms with Crippen molar-refractivity contribution in [1.29, 1.82) is 0 Å². The summed E-state index contributed by atoms with van der Waals surface area (Å²) in [5.74, 6) is 0.586. The molecule has 1 amide bonds. The third kappa shape index (κ3) is 4.67. The van der Waals surface area contributed by atoms with Crippen molar-refractivity contribution in [3.63, 3.8) is 0 Å². The molecular weight excluding hydrogens is 314 g/mol. The Hall–Kier alpha value is -2.66. The summed E-state index contributed by atoms with van der Waals surface area (Å²) < 4.78 is 5.71. The van der Waals surface area contributed by atoms with Gasteiger partial charge in [-0.2, -0.15) is 0 Å². The van der Waals surface area contributed by atoms with Crippen LogP contribution in [0.2, 0.25) is 0 Å². The monoisotopic (exact) mass is 337 g/mol. The standard InChI is InChI=1S/C20H23N3O2/c1-15(19-8-5-9-22-19)17-12-18(14-21-13-17)25-11-10-23-20(24)16-6-3-2-4-7-16/h2-4,6-7,12-14,19,22H,1,5,8-11H2,(H,23,24)/t19-/m0/s1. The van der Waals surface area contributed by atoms with Crippen LogP contribution in [0.1, 0.15) is 28.8 Å². The number of ether oxygens (including phenoxy) is 1. The number of amides is 1. The average molecular weight is 337 g/mol. The molecule has 1 saturated heterocycles. The van der Waals surface area contributed by atoms with Gasteiger partial charge in [0.15, 0.2) is 0 Å². The summed E-state index contributed by atoms with van der Waals surface area (Å²) in [7, 11) is 0. The lowest BCUT2D eigenvalue weighted by Gasteiger charge is -2.15. The van der Waals surface area contributed by atoms with Crippen molar-refractivity contribution in [3.05, 3.63) is 66.5 Å². The van der Waals surface area contributed by atoms with E-state index in [1.807, 2.05) is 30.5 Å². The van der Waals surface area contributed by atoms with E-state index in [9.17, 15) is 4.79 Å². The molecule has 25 heavy (non-hydrogen) atoms. The van der Waals surface area contributed by atoms with Crippen molar-refractivity contribution < 1.29 is 9.53 Å². The van der Waals surface area contributed by atoms with Crippen molar-refractivity contribution in [2.24, 2.45) is 0 Å². The summed E-state index contributed by atoms with van der Waals surface area (Å²) in [5.41, 5.74) is 2.68. The second kappa shape index (κ2) is 8.44. The maximum atomic E-state index is 11.9. The first-order chi connectivity index (χ1) is 12.2. The molecule has 0 bridgehead atoms. The molecule has 2 N–H and O–H groups in total. The Morgan fingerprint density at radius 3 is 2.88 bits per heavy atom. The number of carbonyl (C=O) groups is 1. The molecule has 0 aliphatic carbocycles. The fourth-order valence-electron chi connectivity index (χ4n) is 2.88. The minimum Gasteiger partial charge on any atom is -0.490 e. The number of hydrogen-bond acceptors (Lipinski definition) is 4. The fourth-order valence-corrected chi connectivity index (χ4v) is 2.88. The zero-order valence-electron chi connectivity index (χ0n) is 14.2. The largest absolute Gasteiger partial charge is 0.490 e. The molecule has 1 atom stereocenters. The summed E-state index contributed by atoms with van der Waals surface area (Å²) in [6, 6.07) is 11.4. The number of benzene rings is 1. The first-order valence-corrected chi connectivity index (χ1v) is 8.57. The number of hydrogen-bond donors (Lipinski definition) is 2. The molecule has 2 aromatic rings. The van der Waals surface area contributed by atoms with E-state index in [2.05, 4.69) is 22.2 Å². The van der Waals surface area contributed by atoms with Crippen molar-refractivity contribution in [1.82, 2.24) is 15.6 Å². The van der Waals surface area contributed by atoms with E-state index in [0.717, 1.165) is 24.1 Å². The highest BCUT2D eigenvalue weighted by Gasteiger charge is 2.18. The summed E-state index contributed by atoms with van der Waals surface area (Å²) in [5, 5.41) is 6.28. The van der Waals surface area contributed by atoms with E-state index < -0.39 is 0 Å². The van der Waals surface area contributed by atoms with Crippen LogP contribution in [0.5, 0.6) is 5.75 Å². The molecule has 3 rings (SSSR count). The Labute approximate surface area is 148 Å². The summed E-state index contributed by atoms with van der Waals surface area (Å²) in [6.07, 6.45) is 5.77. The Bertz CT molecular complexity index is 725. The zero-order valence-corrected chi connectivity index (χ0v) is 14.2. The van der Waals surface area contributed by atoms with Gasteiger partial charge >= 0.3 is 0 Å². The van der Waals surface area contributed by atoms with Gasteiger partial charge in [-0.05, 0) is 43.2 Å². The van der Waals surface area contributed by atoms with Crippen LogP contribution in [-0.2, 0) is 0 Å². The number of carbonyl (C=O) groups excluding carboxylic acids is 1. The highest BCUT2D eigenvalue weighted by molar-refractivity contribution is 5.94. The van der Waals surface area contributed by atoms with Gasteiger partial charge in [-0.25, -0.2) is 0 Å². The van der Waals surface area contributed by atoms with Gasteiger partial charge in [0.1, 0.15) is 12.4 Å². The lowest BCUT2D eigenvalue weighted by Crippen LogP contribution is -2.28. The smallest absolute Gasteiger partial charge is 0.251 e. The van der Waals surface area contributed by atoms with Crippen LogP contribution >= 0.6 is 0 Å². The molecule has 1 aliphatic rings. The van der Waals surface area contributed by atoms with Crippen LogP contribution in [0.15, 0.2) is 55.4 Å². The maximum Gasteiger partial charge on any atom is 0.251 e. The van der Waals surface area contributed by atoms with Crippen LogP contribution in [0.3, 0.4) is 0 Å². The maximum absolute atomic E-state index is 11.9. The average Bonchev–Trinajstić information content (AvgIpc) is 3.20. The summed E-state index contributed by atoms with van der Waals surface area (Å²) in [6.45, 7) is 6.04. The molecule has 2 heterocycles. The normalized spacial score (nSPS) is 16.4. The quantitative estimate of drug-likeness (QED) is 0.763. The SMILES string of the molecule is C=C(c1cncc(OCCNC(=O)c2ccccc2)c1)[C@@H]1CCCN1. The molecular formula is C20H23N3O2. The Morgan fingerprint density at radius 1 is 1.28 bits per heavy atom. The van der Waals surface area contributed by atoms with E-state index in [1.165, 1.54) is 6.42 Å². The molecule has 5 heteroatoms. The Kier molecular flexibility index (Phi) is 5.80. The van der Waals surface area contributed by atoms with E-state index >= 15 is 0 Å². The highest BCUT2D eigenvalue weighted by Crippen LogP contribution is 2.24. The van der Waals surface area contributed by atoms with E-state index in [0.29, 0.717) is 30.5 Å². The third-order valence-electron chi connectivity index (χ3n) is 4.26. The Balaban J connectivity index is 1.48. The van der Waals surface area contributed by atoms with E-state index in [1.54, 1.807) is 18.3 Å². The zero-order chi connectivity index (χ0) is 17.5. The molecule has 0 saturated carbocycles. The molecule has 1 aromatic heterocycles. The van der Waals surface area contributed by atoms with Crippen LogP contribution in [0.4, 0.5) is 0 Å². The lowest BCUT2D eigenvalue weighted by atomic mass is 10.0. The van der Waals surface area contributed by atoms with Gasteiger partial charge in [0, 0.05) is 23.4 Å². The third-order valence-corrected chi connectivity index (χ3v) is 4.26. The van der Waals surface area contributed by atoms with Crippen LogP contribution < -0.4 is 15.4 Å². The van der Waals surface area contributed by atoms with E-state index in [-0.39, 0.29) is 5.91 Å². The number of nitrogens with one attached hydrogen (secondary N) is 2. The second-order valence-electron chi connectivity index (χ2n) is 6.05.